The van der Waals surface area contributed by atoms with Crippen molar-refractivity contribution in [1.29, 1.82) is 0 Å². The van der Waals surface area contributed by atoms with Gasteiger partial charge in [-0.15, -0.1) is 0 Å². The number of nitro benzene ring substituents is 1. The molecule has 0 amide bonds. The molecule has 0 bridgehead atoms. The Morgan fingerprint density at radius 3 is 2.43 bits per heavy atom. The highest BCUT2D eigenvalue weighted by Gasteiger charge is 2.15. The Hall–Kier alpha value is -1.96. The molecule has 1 rings (SSSR count). The highest BCUT2D eigenvalue weighted by Crippen LogP contribution is 2.15. The van der Waals surface area contributed by atoms with Crippen molar-refractivity contribution in [3.05, 3.63) is 34.4 Å². The molecule has 1 N–H and O–H groups in total. The SMILES string of the molecule is CCCCC/C(C)=N/NS(=O)(=O)c1ccc([N+](=O)[O-])cc1. The highest BCUT2D eigenvalue weighted by molar-refractivity contribution is 7.89. The Morgan fingerprint density at radius 2 is 1.90 bits per heavy atom. The van der Waals surface area contributed by atoms with Gasteiger partial charge in [-0.3, -0.25) is 10.1 Å². The van der Waals surface area contributed by atoms with Crippen LogP contribution < -0.4 is 4.83 Å². The van der Waals surface area contributed by atoms with Gasteiger partial charge in [0.05, 0.1) is 9.82 Å². The minimum Gasteiger partial charge on any atom is -0.258 e. The molecular weight excluding hydrogens is 294 g/mol. The predicted molar refractivity (Wildman–Crippen MR) is 80.7 cm³/mol. The molecule has 116 valence electrons. The summed E-state index contributed by atoms with van der Waals surface area (Å²) >= 11 is 0. The molecule has 0 aliphatic rings. The molecule has 0 spiro atoms. The highest BCUT2D eigenvalue weighted by atomic mass is 32.2. The number of benzene rings is 1. The predicted octanol–water partition coefficient (Wildman–Crippen LogP) is 2.83. The van der Waals surface area contributed by atoms with Gasteiger partial charge in [0.25, 0.3) is 15.7 Å². The smallest absolute Gasteiger partial charge is 0.258 e. The average Bonchev–Trinajstić information content (AvgIpc) is 2.45. The van der Waals surface area contributed by atoms with Crippen molar-refractivity contribution in [1.82, 2.24) is 4.83 Å². The van der Waals surface area contributed by atoms with E-state index in [9.17, 15) is 18.5 Å². The van der Waals surface area contributed by atoms with Crippen LogP contribution in [-0.2, 0) is 10.0 Å². The lowest BCUT2D eigenvalue weighted by Crippen LogP contribution is -2.19. The lowest BCUT2D eigenvalue weighted by atomic mass is 10.1. The fourth-order valence-corrected chi connectivity index (χ4v) is 2.50. The maximum Gasteiger partial charge on any atom is 0.276 e. The van der Waals surface area contributed by atoms with Crippen LogP contribution in [0, 0.1) is 10.1 Å². The zero-order valence-corrected chi connectivity index (χ0v) is 12.9. The molecule has 0 aromatic heterocycles. The summed E-state index contributed by atoms with van der Waals surface area (Å²) in [4.78, 5) is 12.0. The minimum atomic E-state index is -3.79. The molecule has 0 atom stereocenters. The van der Waals surface area contributed by atoms with E-state index in [0.717, 1.165) is 37.8 Å². The number of hydrogen-bond acceptors (Lipinski definition) is 5. The summed E-state index contributed by atoms with van der Waals surface area (Å²) in [5.41, 5.74) is 0.544. The van der Waals surface area contributed by atoms with Gasteiger partial charge >= 0.3 is 0 Å². The van der Waals surface area contributed by atoms with Crippen LogP contribution in [0.3, 0.4) is 0 Å². The number of nitro groups is 1. The first-order valence-electron chi connectivity index (χ1n) is 6.66. The van der Waals surface area contributed by atoms with Crippen molar-refractivity contribution in [2.24, 2.45) is 5.10 Å². The summed E-state index contributed by atoms with van der Waals surface area (Å²) in [6.45, 7) is 3.85. The van der Waals surface area contributed by atoms with Gasteiger partial charge in [-0.1, -0.05) is 19.8 Å². The molecule has 0 aliphatic heterocycles. The van der Waals surface area contributed by atoms with E-state index >= 15 is 0 Å². The van der Waals surface area contributed by atoms with Gasteiger partial charge in [-0.2, -0.15) is 13.5 Å². The van der Waals surface area contributed by atoms with Crippen LogP contribution in [0.2, 0.25) is 0 Å². The fraction of sp³-hybridized carbons (Fsp3) is 0.462. The van der Waals surface area contributed by atoms with Crippen LogP contribution >= 0.6 is 0 Å². The molecule has 0 saturated heterocycles. The first-order chi connectivity index (χ1) is 9.86. The van der Waals surface area contributed by atoms with Crippen molar-refractivity contribution in [2.45, 2.75) is 44.4 Å². The van der Waals surface area contributed by atoms with E-state index in [1.165, 1.54) is 12.1 Å². The molecule has 0 saturated carbocycles. The van der Waals surface area contributed by atoms with E-state index in [1.54, 1.807) is 6.92 Å². The maximum atomic E-state index is 12.0. The summed E-state index contributed by atoms with van der Waals surface area (Å²) < 4.78 is 23.9. The molecule has 0 fully saturated rings. The summed E-state index contributed by atoms with van der Waals surface area (Å²) in [7, 11) is -3.79. The Labute approximate surface area is 124 Å². The molecule has 0 heterocycles. The van der Waals surface area contributed by atoms with Crippen LogP contribution in [0.1, 0.15) is 39.5 Å². The molecule has 0 radical (unpaired) electrons. The maximum absolute atomic E-state index is 12.0. The van der Waals surface area contributed by atoms with Gasteiger partial charge in [0.1, 0.15) is 0 Å². The first kappa shape index (κ1) is 17.1. The number of non-ortho nitro benzene ring substituents is 1. The Balaban J connectivity index is 2.72. The lowest BCUT2D eigenvalue weighted by Gasteiger charge is -2.05. The van der Waals surface area contributed by atoms with E-state index in [1.807, 2.05) is 0 Å². The van der Waals surface area contributed by atoms with Gasteiger partial charge in [0, 0.05) is 17.8 Å². The Morgan fingerprint density at radius 1 is 1.29 bits per heavy atom. The standard InChI is InChI=1S/C13H19N3O4S/c1-3-4-5-6-11(2)14-15-21(19,20)13-9-7-12(8-10-13)16(17)18/h7-10,15H,3-6H2,1-2H3/b14-11+. The number of sulfonamides is 1. The monoisotopic (exact) mass is 313 g/mol. The second-order valence-electron chi connectivity index (χ2n) is 4.65. The number of hydrogen-bond donors (Lipinski definition) is 1. The molecule has 21 heavy (non-hydrogen) atoms. The quantitative estimate of drug-likeness (QED) is 0.345. The number of unbranched alkanes of at least 4 members (excludes halogenated alkanes) is 2. The molecule has 1 aromatic rings. The third-order valence-corrected chi connectivity index (χ3v) is 4.08. The van der Waals surface area contributed by atoms with Crippen molar-refractivity contribution < 1.29 is 13.3 Å². The number of nitrogens with one attached hydrogen (secondary N) is 1. The normalized spacial score (nSPS) is 12.2. The van der Waals surface area contributed by atoms with Gasteiger partial charge in [0.15, 0.2) is 0 Å². The molecule has 7 nitrogen and oxygen atoms in total. The van der Waals surface area contributed by atoms with Gasteiger partial charge in [-0.25, -0.2) is 4.83 Å². The zero-order valence-electron chi connectivity index (χ0n) is 12.1. The van der Waals surface area contributed by atoms with E-state index in [0.29, 0.717) is 5.71 Å². The number of rotatable bonds is 8. The summed E-state index contributed by atoms with van der Waals surface area (Å²) in [5, 5.41) is 14.4. The first-order valence-corrected chi connectivity index (χ1v) is 8.14. The van der Waals surface area contributed by atoms with Crippen LogP contribution in [0.4, 0.5) is 5.69 Å². The van der Waals surface area contributed by atoms with Crippen LogP contribution in [0.25, 0.3) is 0 Å². The largest absolute Gasteiger partial charge is 0.276 e. The minimum absolute atomic E-state index is 0.0572. The molecule has 8 heteroatoms. The topological polar surface area (TPSA) is 102 Å². The van der Waals surface area contributed by atoms with E-state index in [2.05, 4.69) is 16.9 Å². The van der Waals surface area contributed by atoms with Crippen LogP contribution in [0.15, 0.2) is 34.3 Å². The summed E-state index contributed by atoms with van der Waals surface area (Å²) in [6, 6.07) is 4.66. The zero-order chi connectivity index (χ0) is 15.9. The Kier molecular flexibility index (Phi) is 6.29. The van der Waals surface area contributed by atoms with Crippen LogP contribution in [0.5, 0.6) is 0 Å². The second kappa shape index (κ2) is 7.72. The van der Waals surface area contributed by atoms with Crippen molar-refractivity contribution in [2.75, 3.05) is 0 Å². The van der Waals surface area contributed by atoms with E-state index in [4.69, 9.17) is 0 Å². The van der Waals surface area contributed by atoms with Gasteiger partial charge in [-0.05, 0) is 31.9 Å². The number of nitrogens with zero attached hydrogens (tertiary/aromatic N) is 2. The van der Waals surface area contributed by atoms with Crippen molar-refractivity contribution >= 4 is 21.4 Å². The molecule has 1 aromatic carbocycles. The fourth-order valence-electron chi connectivity index (χ4n) is 1.62. The number of hydrazone groups is 1. The van der Waals surface area contributed by atoms with Gasteiger partial charge < -0.3 is 0 Å². The van der Waals surface area contributed by atoms with Gasteiger partial charge in [0.2, 0.25) is 0 Å². The molecule has 0 unspecified atom stereocenters. The van der Waals surface area contributed by atoms with Crippen LogP contribution in [-0.4, -0.2) is 19.1 Å². The van der Waals surface area contributed by atoms with Crippen molar-refractivity contribution in [3.63, 3.8) is 0 Å². The molecule has 0 aliphatic carbocycles. The second-order valence-corrected chi connectivity index (χ2v) is 6.31. The average molecular weight is 313 g/mol. The van der Waals surface area contributed by atoms with E-state index < -0.39 is 14.9 Å². The molecular formula is C13H19N3O4S. The summed E-state index contributed by atoms with van der Waals surface area (Å²) in [6.07, 6.45) is 3.85. The van der Waals surface area contributed by atoms with E-state index in [-0.39, 0.29) is 10.6 Å². The third-order valence-electron chi connectivity index (χ3n) is 2.86. The van der Waals surface area contributed by atoms with Crippen molar-refractivity contribution in [3.8, 4) is 0 Å². The Bertz CT molecular complexity index is 609. The third kappa shape index (κ3) is 5.50. The summed E-state index contributed by atoms with van der Waals surface area (Å²) in [5.74, 6) is 0. The lowest BCUT2D eigenvalue weighted by molar-refractivity contribution is -0.384.